The van der Waals surface area contributed by atoms with Gasteiger partial charge in [0, 0.05) is 18.9 Å². The van der Waals surface area contributed by atoms with E-state index in [0.29, 0.717) is 22.8 Å². The molecule has 0 bridgehead atoms. The average molecular weight is 382 g/mol. The molecule has 2 heterocycles. The van der Waals surface area contributed by atoms with E-state index in [0.717, 1.165) is 22.7 Å². The van der Waals surface area contributed by atoms with Crippen molar-refractivity contribution in [2.24, 2.45) is 0 Å². The highest BCUT2D eigenvalue weighted by Crippen LogP contribution is 2.32. The quantitative estimate of drug-likeness (QED) is 0.688. The lowest BCUT2D eigenvalue weighted by Crippen LogP contribution is -2.13. The molecule has 0 saturated heterocycles. The number of hydrogen-bond donors (Lipinski definition) is 2. The molecule has 0 atom stereocenters. The van der Waals surface area contributed by atoms with Crippen molar-refractivity contribution >= 4 is 28.9 Å². The molecule has 0 fully saturated rings. The van der Waals surface area contributed by atoms with Gasteiger partial charge in [0.25, 0.3) is 5.91 Å². The molecule has 2 aromatic carbocycles. The molecule has 1 aliphatic rings. The summed E-state index contributed by atoms with van der Waals surface area (Å²) in [5.41, 5.74) is 2.76. The van der Waals surface area contributed by atoms with Gasteiger partial charge in [-0.1, -0.05) is 29.8 Å². The number of nitrogens with zero attached hydrogens (tertiary/aromatic N) is 1. The number of amides is 1. The molecular weight excluding hydrogens is 366 g/mol. The molecule has 1 aromatic heterocycles. The molecule has 0 spiro atoms. The largest absolute Gasteiger partial charge is 0.454 e. The molecule has 4 rings (SSSR count). The number of carbonyl (C=O) groups is 1. The van der Waals surface area contributed by atoms with E-state index in [9.17, 15) is 4.79 Å². The molecule has 7 heteroatoms. The Bertz CT molecular complexity index is 994. The van der Waals surface area contributed by atoms with Gasteiger partial charge < -0.3 is 20.1 Å². The van der Waals surface area contributed by atoms with Gasteiger partial charge in [0.05, 0.1) is 22.0 Å². The molecule has 0 radical (unpaired) electrons. The highest BCUT2D eigenvalue weighted by molar-refractivity contribution is 6.33. The van der Waals surface area contributed by atoms with Gasteiger partial charge in [-0.3, -0.25) is 9.78 Å². The summed E-state index contributed by atoms with van der Waals surface area (Å²) in [7, 11) is 0. The van der Waals surface area contributed by atoms with Gasteiger partial charge in [0.1, 0.15) is 0 Å². The third-order valence-electron chi connectivity index (χ3n) is 4.06. The molecule has 1 amide bonds. The van der Waals surface area contributed by atoms with Crippen molar-refractivity contribution < 1.29 is 14.3 Å². The van der Waals surface area contributed by atoms with Gasteiger partial charge in [-0.2, -0.15) is 0 Å². The van der Waals surface area contributed by atoms with E-state index >= 15 is 0 Å². The summed E-state index contributed by atoms with van der Waals surface area (Å²) >= 11 is 6.08. The highest BCUT2D eigenvalue weighted by Gasteiger charge is 2.13. The van der Waals surface area contributed by atoms with Gasteiger partial charge in [0.2, 0.25) is 6.79 Å². The van der Waals surface area contributed by atoms with Gasteiger partial charge in [-0.15, -0.1) is 0 Å². The average Bonchev–Trinajstić information content (AvgIpc) is 3.16. The Labute approximate surface area is 161 Å². The molecule has 6 nitrogen and oxygen atoms in total. The number of fused-ring (bicyclic) bond motifs is 1. The van der Waals surface area contributed by atoms with Crippen LogP contribution in [-0.4, -0.2) is 17.7 Å². The number of aromatic nitrogens is 1. The maximum atomic E-state index is 12.5. The Balaban J connectivity index is 1.43. The minimum absolute atomic E-state index is 0.249. The van der Waals surface area contributed by atoms with Crippen LogP contribution < -0.4 is 20.1 Å². The minimum Gasteiger partial charge on any atom is -0.454 e. The van der Waals surface area contributed by atoms with E-state index in [-0.39, 0.29) is 12.7 Å². The standard InChI is InChI=1S/C20H16ClN3O3/c21-16-3-1-2-4-17(16)24-20(25)14-8-15(11-22-10-14)23-9-13-5-6-18-19(7-13)27-12-26-18/h1-8,10-11,23H,9,12H2,(H,24,25). The monoisotopic (exact) mass is 381 g/mol. The number of hydrogen-bond acceptors (Lipinski definition) is 5. The summed E-state index contributed by atoms with van der Waals surface area (Å²) in [6, 6.07) is 14.6. The van der Waals surface area contributed by atoms with Crippen LogP contribution in [0.4, 0.5) is 11.4 Å². The van der Waals surface area contributed by atoms with Crippen molar-refractivity contribution in [1.29, 1.82) is 0 Å². The van der Waals surface area contributed by atoms with Crippen LogP contribution in [0, 0.1) is 0 Å². The van der Waals surface area contributed by atoms with Gasteiger partial charge in [0.15, 0.2) is 11.5 Å². The van der Waals surface area contributed by atoms with Gasteiger partial charge >= 0.3 is 0 Å². The van der Waals surface area contributed by atoms with E-state index in [1.54, 1.807) is 30.5 Å². The smallest absolute Gasteiger partial charge is 0.257 e. The van der Waals surface area contributed by atoms with Crippen LogP contribution in [0.1, 0.15) is 15.9 Å². The second kappa shape index (κ2) is 7.55. The predicted molar refractivity (Wildman–Crippen MR) is 104 cm³/mol. The summed E-state index contributed by atoms with van der Waals surface area (Å²) in [4.78, 5) is 16.6. The first-order valence-corrected chi connectivity index (χ1v) is 8.70. The number of anilines is 2. The molecule has 0 saturated carbocycles. The number of rotatable bonds is 5. The van der Waals surface area contributed by atoms with Crippen LogP contribution in [0.25, 0.3) is 0 Å². The topological polar surface area (TPSA) is 72.5 Å². The SMILES string of the molecule is O=C(Nc1ccccc1Cl)c1cncc(NCc2ccc3c(c2)OCO3)c1. The summed E-state index contributed by atoms with van der Waals surface area (Å²) in [5, 5.41) is 6.53. The van der Waals surface area contributed by atoms with Crippen LogP contribution >= 0.6 is 11.6 Å². The fourth-order valence-corrected chi connectivity index (χ4v) is 2.86. The minimum atomic E-state index is -0.276. The van der Waals surface area contributed by atoms with Crippen LogP contribution in [0.15, 0.2) is 60.9 Å². The van der Waals surface area contributed by atoms with E-state index in [1.807, 2.05) is 24.3 Å². The lowest BCUT2D eigenvalue weighted by atomic mass is 10.2. The molecule has 3 aromatic rings. The Kier molecular flexibility index (Phi) is 4.80. The van der Waals surface area contributed by atoms with Crippen molar-refractivity contribution in [3.05, 3.63) is 77.1 Å². The van der Waals surface area contributed by atoms with Crippen LogP contribution in [-0.2, 0) is 6.54 Å². The van der Waals surface area contributed by atoms with E-state index < -0.39 is 0 Å². The first kappa shape index (κ1) is 17.2. The number of nitrogens with one attached hydrogen (secondary N) is 2. The third-order valence-corrected chi connectivity index (χ3v) is 4.39. The number of benzene rings is 2. The van der Waals surface area contributed by atoms with E-state index in [1.165, 1.54) is 6.20 Å². The first-order chi connectivity index (χ1) is 13.2. The summed E-state index contributed by atoms with van der Waals surface area (Å²) < 4.78 is 10.7. The zero-order valence-corrected chi connectivity index (χ0v) is 15.0. The molecule has 1 aliphatic heterocycles. The maximum absolute atomic E-state index is 12.5. The number of pyridine rings is 1. The summed E-state index contributed by atoms with van der Waals surface area (Å²) in [6.45, 7) is 0.812. The molecule has 136 valence electrons. The van der Waals surface area contributed by atoms with Crippen molar-refractivity contribution in [1.82, 2.24) is 4.98 Å². The molecule has 0 aliphatic carbocycles. The molecule has 0 unspecified atom stereocenters. The van der Waals surface area contributed by atoms with Gasteiger partial charge in [-0.25, -0.2) is 0 Å². The van der Waals surface area contributed by atoms with Crippen molar-refractivity contribution in [3.8, 4) is 11.5 Å². The number of carbonyl (C=O) groups excluding carboxylic acids is 1. The van der Waals surface area contributed by atoms with Crippen LogP contribution in [0.3, 0.4) is 0 Å². The second-order valence-electron chi connectivity index (χ2n) is 5.94. The maximum Gasteiger partial charge on any atom is 0.257 e. The van der Waals surface area contributed by atoms with Crippen molar-refractivity contribution in [3.63, 3.8) is 0 Å². The molecule has 27 heavy (non-hydrogen) atoms. The highest BCUT2D eigenvalue weighted by atomic mass is 35.5. The van der Waals surface area contributed by atoms with Gasteiger partial charge in [-0.05, 0) is 35.9 Å². The number of ether oxygens (including phenoxy) is 2. The Morgan fingerprint density at radius 2 is 1.93 bits per heavy atom. The van der Waals surface area contributed by atoms with E-state index in [4.69, 9.17) is 21.1 Å². The molecule has 2 N–H and O–H groups in total. The lowest BCUT2D eigenvalue weighted by molar-refractivity contribution is 0.102. The fourth-order valence-electron chi connectivity index (χ4n) is 2.67. The van der Waals surface area contributed by atoms with Crippen LogP contribution in [0.5, 0.6) is 11.5 Å². The Hall–Kier alpha value is -3.25. The normalized spacial score (nSPS) is 11.9. The predicted octanol–water partition coefficient (Wildman–Crippen LogP) is 4.33. The summed E-state index contributed by atoms with van der Waals surface area (Å²) in [6.07, 6.45) is 3.18. The second-order valence-corrected chi connectivity index (χ2v) is 6.34. The zero-order valence-electron chi connectivity index (χ0n) is 14.2. The Morgan fingerprint density at radius 1 is 1.07 bits per heavy atom. The lowest BCUT2D eigenvalue weighted by Gasteiger charge is -2.10. The Morgan fingerprint density at radius 3 is 2.81 bits per heavy atom. The van der Waals surface area contributed by atoms with Crippen molar-refractivity contribution in [2.75, 3.05) is 17.4 Å². The van der Waals surface area contributed by atoms with E-state index in [2.05, 4.69) is 15.6 Å². The molecular formula is C20H16ClN3O3. The van der Waals surface area contributed by atoms with Crippen molar-refractivity contribution in [2.45, 2.75) is 6.54 Å². The fraction of sp³-hybridized carbons (Fsp3) is 0.100. The third kappa shape index (κ3) is 3.96. The zero-order chi connectivity index (χ0) is 18.6. The first-order valence-electron chi connectivity index (χ1n) is 8.32. The van der Waals surface area contributed by atoms with Crippen LogP contribution in [0.2, 0.25) is 5.02 Å². The summed E-state index contributed by atoms with van der Waals surface area (Å²) in [5.74, 6) is 1.21. The number of para-hydroxylation sites is 1. The number of halogens is 1.